The molecule has 0 aliphatic carbocycles. The van der Waals surface area contributed by atoms with Gasteiger partial charge in [0, 0.05) is 5.56 Å². The van der Waals surface area contributed by atoms with Crippen molar-refractivity contribution in [1.82, 2.24) is 9.78 Å². The average Bonchev–Trinajstić information content (AvgIpc) is 2.95. The maximum absolute atomic E-state index is 12.3. The number of aryl methyl sites for hydroxylation is 1. The standard InChI is InChI=1S/C20H20N4O3/c1-13-19(14(2)24(23-13)16-6-4-3-5-7-16)22-18(25)12-27-17-10-8-15(9-11-17)20(21)26/h3-11H,12H2,1-2H3,(H2,21,26)(H,22,25). The van der Waals surface area contributed by atoms with Crippen molar-refractivity contribution in [2.75, 3.05) is 11.9 Å². The van der Waals surface area contributed by atoms with Gasteiger partial charge in [-0.3, -0.25) is 9.59 Å². The van der Waals surface area contributed by atoms with Gasteiger partial charge in [-0.15, -0.1) is 0 Å². The third-order valence-corrected chi connectivity index (χ3v) is 4.07. The van der Waals surface area contributed by atoms with Crippen LogP contribution in [-0.4, -0.2) is 28.2 Å². The summed E-state index contributed by atoms with van der Waals surface area (Å²) in [6.07, 6.45) is 0. The van der Waals surface area contributed by atoms with E-state index in [0.717, 1.165) is 17.1 Å². The maximum atomic E-state index is 12.3. The van der Waals surface area contributed by atoms with Crippen molar-refractivity contribution in [2.24, 2.45) is 5.73 Å². The van der Waals surface area contributed by atoms with Crippen LogP contribution in [0.15, 0.2) is 54.6 Å². The third-order valence-electron chi connectivity index (χ3n) is 4.07. The molecule has 0 spiro atoms. The van der Waals surface area contributed by atoms with Crippen LogP contribution in [0.3, 0.4) is 0 Å². The normalized spacial score (nSPS) is 10.4. The van der Waals surface area contributed by atoms with Gasteiger partial charge in [-0.1, -0.05) is 18.2 Å². The van der Waals surface area contributed by atoms with Crippen molar-refractivity contribution >= 4 is 17.5 Å². The van der Waals surface area contributed by atoms with Crippen LogP contribution in [0.2, 0.25) is 0 Å². The summed E-state index contributed by atoms with van der Waals surface area (Å²) in [6, 6.07) is 16.0. The lowest BCUT2D eigenvalue weighted by atomic mass is 10.2. The van der Waals surface area contributed by atoms with Gasteiger partial charge in [0.05, 0.1) is 22.8 Å². The van der Waals surface area contributed by atoms with E-state index in [1.165, 1.54) is 0 Å². The Morgan fingerprint density at radius 1 is 1.07 bits per heavy atom. The monoisotopic (exact) mass is 364 g/mol. The van der Waals surface area contributed by atoms with Crippen molar-refractivity contribution in [2.45, 2.75) is 13.8 Å². The molecule has 7 heteroatoms. The van der Waals surface area contributed by atoms with E-state index in [1.807, 2.05) is 44.2 Å². The van der Waals surface area contributed by atoms with Crippen molar-refractivity contribution in [3.8, 4) is 11.4 Å². The van der Waals surface area contributed by atoms with E-state index in [-0.39, 0.29) is 12.5 Å². The van der Waals surface area contributed by atoms with E-state index in [0.29, 0.717) is 17.0 Å². The Bertz CT molecular complexity index is 963. The number of ether oxygens (including phenoxy) is 1. The molecule has 0 aliphatic heterocycles. The number of nitrogens with one attached hydrogen (secondary N) is 1. The van der Waals surface area contributed by atoms with Gasteiger partial charge in [0.25, 0.3) is 5.91 Å². The minimum Gasteiger partial charge on any atom is -0.484 e. The highest BCUT2D eigenvalue weighted by Crippen LogP contribution is 2.22. The van der Waals surface area contributed by atoms with Crippen molar-refractivity contribution in [3.63, 3.8) is 0 Å². The van der Waals surface area contributed by atoms with Crippen LogP contribution in [0.1, 0.15) is 21.7 Å². The Hall–Kier alpha value is -3.61. The number of hydrogen-bond donors (Lipinski definition) is 2. The highest BCUT2D eigenvalue weighted by atomic mass is 16.5. The van der Waals surface area contributed by atoms with Crippen LogP contribution in [0.25, 0.3) is 5.69 Å². The molecule has 0 aliphatic rings. The Balaban J connectivity index is 1.66. The van der Waals surface area contributed by atoms with Gasteiger partial charge in [0.15, 0.2) is 6.61 Å². The molecule has 3 rings (SSSR count). The first-order chi connectivity index (χ1) is 13.0. The molecule has 138 valence electrons. The lowest BCUT2D eigenvalue weighted by Gasteiger charge is -2.09. The molecular formula is C20H20N4O3. The number of aromatic nitrogens is 2. The van der Waals surface area contributed by atoms with Crippen LogP contribution in [0.5, 0.6) is 5.75 Å². The molecular weight excluding hydrogens is 344 g/mol. The third kappa shape index (κ3) is 4.14. The number of carbonyl (C=O) groups excluding carboxylic acids is 2. The lowest BCUT2D eigenvalue weighted by Crippen LogP contribution is -2.21. The molecule has 1 aromatic heterocycles. The number of benzene rings is 2. The fourth-order valence-corrected chi connectivity index (χ4v) is 2.68. The van der Waals surface area contributed by atoms with E-state index in [2.05, 4.69) is 10.4 Å². The number of nitrogens with two attached hydrogens (primary N) is 1. The van der Waals surface area contributed by atoms with E-state index in [4.69, 9.17) is 10.5 Å². The number of carbonyl (C=O) groups is 2. The SMILES string of the molecule is Cc1nn(-c2ccccc2)c(C)c1NC(=O)COc1ccc(C(N)=O)cc1. The Labute approximate surface area is 156 Å². The molecule has 0 saturated carbocycles. The van der Waals surface area contributed by atoms with Gasteiger partial charge in [-0.25, -0.2) is 4.68 Å². The van der Waals surface area contributed by atoms with Crippen LogP contribution in [0, 0.1) is 13.8 Å². The number of para-hydroxylation sites is 1. The Morgan fingerprint density at radius 3 is 2.37 bits per heavy atom. The fraction of sp³-hybridized carbons (Fsp3) is 0.150. The lowest BCUT2D eigenvalue weighted by molar-refractivity contribution is -0.118. The first kappa shape index (κ1) is 18.2. The predicted molar refractivity (Wildman–Crippen MR) is 102 cm³/mol. The second-order valence-corrected chi connectivity index (χ2v) is 6.02. The van der Waals surface area contributed by atoms with Gasteiger partial charge < -0.3 is 15.8 Å². The summed E-state index contributed by atoms with van der Waals surface area (Å²) in [7, 11) is 0. The summed E-state index contributed by atoms with van der Waals surface area (Å²) < 4.78 is 7.24. The summed E-state index contributed by atoms with van der Waals surface area (Å²) in [5.74, 6) is -0.336. The zero-order valence-electron chi connectivity index (χ0n) is 15.1. The molecule has 0 atom stereocenters. The summed E-state index contributed by atoms with van der Waals surface area (Å²) >= 11 is 0. The molecule has 2 amide bonds. The van der Waals surface area contributed by atoms with Crippen molar-refractivity contribution in [3.05, 3.63) is 71.5 Å². The Morgan fingerprint density at radius 2 is 1.74 bits per heavy atom. The van der Waals surface area contributed by atoms with E-state index in [1.54, 1.807) is 28.9 Å². The van der Waals surface area contributed by atoms with Crippen LogP contribution in [0.4, 0.5) is 5.69 Å². The first-order valence-corrected chi connectivity index (χ1v) is 8.40. The predicted octanol–water partition coefficient (Wildman–Crippen LogP) is 2.61. The van der Waals surface area contributed by atoms with E-state index in [9.17, 15) is 9.59 Å². The molecule has 3 aromatic rings. The largest absolute Gasteiger partial charge is 0.484 e. The fourth-order valence-electron chi connectivity index (χ4n) is 2.68. The second kappa shape index (κ2) is 7.74. The minimum atomic E-state index is -0.513. The summed E-state index contributed by atoms with van der Waals surface area (Å²) in [6.45, 7) is 3.57. The number of nitrogens with zero attached hydrogens (tertiary/aromatic N) is 2. The summed E-state index contributed by atoms with van der Waals surface area (Å²) in [5, 5.41) is 7.34. The van der Waals surface area contributed by atoms with Crippen LogP contribution < -0.4 is 15.8 Å². The zero-order chi connectivity index (χ0) is 19.4. The number of amides is 2. The average molecular weight is 364 g/mol. The highest BCUT2D eigenvalue weighted by molar-refractivity contribution is 5.93. The van der Waals surface area contributed by atoms with Crippen LogP contribution in [-0.2, 0) is 4.79 Å². The van der Waals surface area contributed by atoms with Gasteiger partial charge in [0.1, 0.15) is 5.75 Å². The van der Waals surface area contributed by atoms with Gasteiger partial charge in [-0.2, -0.15) is 5.10 Å². The molecule has 7 nitrogen and oxygen atoms in total. The number of primary amides is 1. The second-order valence-electron chi connectivity index (χ2n) is 6.02. The molecule has 0 fully saturated rings. The zero-order valence-corrected chi connectivity index (χ0v) is 15.1. The molecule has 0 bridgehead atoms. The van der Waals surface area contributed by atoms with Crippen LogP contribution >= 0.6 is 0 Å². The molecule has 1 heterocycles. The smallest absolute Gasteiger partial charge is 0.262 e. The molecule has 0 saturated heterocycles. The van der Waals surface area contributed by atoms with E-state index < -0.39 is 5.91 Å². The van der Waals surface area contributed by atoms with Gasteiger partial charge in [0.2, 0.25) is 5.91 Å². The van der Waals surface area contributed by atoms with Crippen molar-refractivity contribution in [1.29, 1.82) is 0 Å². The number of anilines is 1. The number of hydrogen-bond acceptors (Lipinski definition) is 4. The Kier molecular flexibility index (Phi) is 5.21. The summed E-state index contributed by atoms with van der Waals surface area (Å²) in [5.41, 5.74) is 8.71. The molecule has 0 unspecified atom stereocenters. The van der Waals surface area contributed by atoms with Gasteiger partial charge >= 0.3 is 0 Å². The quantitative estimate of drug-likeness (QED) is 0.702. The topological polar surface area (TPSA) is 99.2 Å². The molecule has 27 heavy (non-hydrogen) atoms. The summed E-state index contributed by atoms with van der Waals surface area (Å²) in [4.78, 5) is 23.3. The first-order valence-electron chi connectivity index (χ1n) is 8.40. The van der Waals surface area contributed by atoms with Crippen molar-refractivity contribution < 1.29 is 14.3 Å². The highest BCUT2D eigenvalue weighted by Gasteiger charge is 2.15. The maximum Gasteiger partial charge on any atom is 0.262 e. The molecule has 3 N–H and O–H groups in total. The minimum absolute atomic E-state index is 0.161. The molecule has 2 aromatic carbocycles. The van der Waals surface area contributed by atoms with Gasteiger partial charge in [-0.05, 0) is 50.2 Å². The van der Waals surface area contributed by atoms with E-state index >= 15 is 0 Å². The molecule has 0 radical (unpaired) electrons. The number of rotatable bonds is 6.